The molecule has 0 saturated carbocycles. The van der Waals surface area contributed by atoms with Crippen molar-refractivity contribution in [1.29, 1.82) is 0 Å². The van der Waals surface area contributed by atoms with Gasteiger partial charge in [-0.1, -0.05) is 18.2 Å². The lowest BCUT2D eigenvalue weighted by atomic mass is 10.3. The maximum Gasteiger partial charge on any atom is 0.128 e. The fourth-order valence-electron chi connectivity index (χ4n) is 1.50. The van der Waals surface area contributed by atoms with E-state index in [1.807, 2.05) is 30.3 Å². The summed E-state index contributed by atoms with van der Waals surface area (Å²) >= 11 is 0. The standard InChI is InChI=1S/C14H15NO3/c16-11-12-10-15-7-6-14(12)18-9-8-17-13-4-2-1-3-5-13/h1-7,10,16H,8-9,11H2. The summed E-state index contributed by atoms with van der Waals surface area (Å²) in [5, 5.41) is 9.10. The average Bonchev–Trinajstić information content (AvgIpc) is 2.45. The second kappa shape index (κ2) is 6.61. The highest BCUT2D eigenvalue weighted by molar-refractivity contribution is 5.29. The van der Waals surface area contributed by atoms with Gasteiger partial charge >= 0.3 is 0 Å². The van der Waals surface area contributed by atoms with E-state index in [0.29, 0.717) is 24.5 Å². The molecule has 1 N–H and O–H groups in total. The van der Waals surface area contributed by atoms with Crippen molar-refractivity contribution in [3.63, 3.8) is 0 Å². The maximum atomic E-state index is 9.10. The van der Waals surface area contributed by atoms with Crippen molar-refractivity contribution in [3.05, 3.63) is 54.4 Å². The van der Waals surface area contributed by atoms with Crippen molar-refractivity contribution in [2.24, 2.45) is 0 Å². The van der Waals surface area contributed by atoms with E-state index in [9.17, 15) is 0 Å². The molecule has 0 bridgehead atoms. The molecule has 0 fully saturated rings. The summed E-state index contributed by atoms with van der Waals surface area (Å²) < 4.78 is 11.0. The molecule has 2 rings (SSSR count). The van der Waals surface area contributed by atoms with E-state index < -0.39 is 0 Å². The first-order valence-corrected chi connectivity index (χ1v) is 5.74. The Bertz CT molecular complexity index is 473. The SMILES string of the molecule is OCc1cnccc1OCCOc1ccccc1. The molecule has 94 valence electrons. The number of aromatic nitrogens is 1. The minimum absolute atomic E-state index is 0.0806. The largest absolute Gasteiger partial charge is 0.490 e. The number of aliphatic hydroxyl groups is 1. The van der Waals surface area contributed by atoms with Gasteiger partial charge in [0.1, 0.15) is 24.7 Å². The topological polar surface area (TPSA) is 51.6 Å². The molecular formula is C14H15NO3. The fourth-order valence-corrected chi connectivity index (χ4v) is 1.50. The van der Waals surface area contributed by atoms with Crippen LogP contribution in [0.15, 0.2) is 48.8 Å². The van der Waals surface area contributed by atoms with E-state index >= 15 is 0 Å². The minimum atomic E-state index is -0.0806. The minimum Gasteiger partial charge on any atom is -0.490 e. The third-order valence-electron chi connectivity index (χ3n) is 2.38. The number of para-hydroxylation sites is 1. The number of rotatable bonds is 6. The molecule has 0 unspecified atom stereocenters. The van der Waals surface area contributed by atoms with E-state index in [1.165, 1.54) is 0 Å². The molecule has 4 heteroatoms. The number of aliphatic hydroxyl groups excluding tert-OH is 1. The Kier molecular flexibility index (Phi) is 4.55. The lowest BCUT2D eigenvalue weighted by Crippen LogP contribution is -2.10. The van der Waals surface area contributed by atoms with Gasteiger partial charge in [0.15, 0.2) is 0 Å². The number of pyridine rings is 1. The Hall–Kier alpha value is -2.07. The molecule has 0 radical (unpaired) electrons. The molecule has 0 spiro atoms. The predicted molar refractivity (Wildman–Crippen MR) is 67.6 cm³/mol. The van der Waals surface area contributed by atoms with Crippen LogP contribution in [0.3, 0.4) is 0 Å². The molecular weight excluding hydrogens is 230 g/mol. The van der Waals surface area contributed by atoms with Crippen LogP contribution >= 0.6 is 0 Å². The summed E-state index contributed by atoms with van der Waals surface area (Å²) in [6, 6.07) is 11.3. The van der Waals surface area contributed by atoms with Crippen LogP contribution in [0, 0.1) is 0 Å². The van der Waals surface area contributed by atoms with Gasteiger partial charge in [-0.2, -0.15) is 0 Å². The third kappa shape index (κ3) is 3.46. The second-order valence-corrected chi connectivity index (χ2v) is 3.65. The monoisotopic (exact) mass is 245 g/mol. The first-order chi connectivity index (χ1) is 8.90. The van der Waals surface area contributed by atoms with Gasteiger partial charge in [-0.05, 0) is 18.2 Å². The van der Waals surface area contributed by atoms with Crippen molar-refractivity contribution >= 4 is 0 Å². The molecule has 0 amide bonds. The quantitative estimate of drug-likeness (QED) is 0.791. The lowest BCUT2D eigenvalue weighted by molar-refractivity contribution is 0.209. The van der Waals surface area contributed by atoms with Gasteiger partial charge in [-0.25, -0.2) is 0 Å². The summed E-state index contributed by atoms with van der Waals surface area (Å²) in [5.74, 6) is 1.46. The summed E-state index contributed by atoms with van der Waals surface area (Å²) in [7, 11) is 0. The Labute approximate surface area is 106 Å². The Morgan fingerprint density at radius 2 is 1.78 bits per heavy atom. The third-order valence-corrected chi connectivity index (χ3v) is 2.38. The first-order valence-electron chi connectivity index (χ1n) is 5.74. The van der Waals surface area contributed by atoms with E-state index in [2.05, 4.69) is 4.98 Å². The van der Waals surface area contributed by atoms with E-state index in [-0.39, 0.29) is 6.61 Å². The van der Waals surface area contributed by atoms with Crippen molar-refractivity contribution in [2.45, 2.75) is 6.61 Å². The van der Waals surface area contributed by atoms with E-state index in [0.717, 1.165) is 5.75 Å². The number of benzene rings is 1. The lowest BCUT2D eigenvalue weighted by Gasteiger charge is -2.10. The average molecular weight is 245 g/mol. The van der Waals surface area contributed by atoms with Gasteiger partial charge in [-0.15, -0.1) is 0 Å². The molecule has 0 saturated heterocycles. The highest BCUT2D eigenvalue weighted by Gasteiger charge is 2.01. The number of nitrogens with zero attached hydrogens (tertiary/aromatic N) is 1. The van der Waals surface area contributed by atoms with Crippen molar-refractivity contribution in [1.82, 2.24) is 4.98 Å². The summed E-state index contributed by atoms with van der Waals surface area (Å²) in [4.78, 5) is 3.92. The summed E-state index contributed by atoms with van der Waals surface area (Å²) in [5.41, 5.74) is 0.678. The van der Waals surface area contributed by atoms with Crippen LogP contribution in [-0.2, 0) is 6.61 Å². The summed E-state index contributed by atoms with van der Waals surface area (Å²) in [6.07, 6.45) is 3.22. The van der Waals surface area contributed by atoms with Gasteiger partial charge < -0.3 is 14.6 Å². The normalized spacial score (nSPS) is 10.1. The van der Waals surface area contributed by atoms with Crippen LogP contribution in [0.2, 0.25) is 0 Å². The highest BCUT2D eigenvalue weighted by Crippen LogP contribution is 2.16. The molecule has 4 nitrogen and oxygen atoms in total. The van der Waals surface area contributed by atoms with Crippen molar-refractivity contribution < 1.29 is 14.6 Å². The van der Waals surface area contributed by atoms with Crippen molar-refractivity contribution in [2.75, 3.05) is 13.2 Å². The van der Waals surface area contributed by atoms with Gasteiger partial charge in [0, 0.05) is 18.0 Å². The van der Waals surface area contributed by atoms with Crippen LogP contribution in [0.25, 0.3) is 0 Å². The smallest absolute Gasteiger partial charge is 0.128 e. The van der Waals surface area contributed by atoms with Crippen LogP contribution in [0.5, 0.6) is 11.5 Å². The Morgan fingerprint density at radius 1 is 1.00 bits per heavy atom. The zero-order valence-corrected chi connectivity index (χ0v) is 9.95. The molecule has 18 heavy (non-hydrogen) atoms. The fraction of sp³-hybridized carbons (Fsp3) is 0.214. The zero-order chi connectivity index (χ0) is 12.6. The maximum absolute atomic E-state index is 9.10. The molecule has 0 atom stereocenters. The van der Waals surface area contributed by atoms with Gasteiger partial charge in [0.05, 0.1) is 6.61 Å². The van der Waals surface area contributed by atoms with Gasteiger partial charge in [-0.3, -0.25) is 4.98 Å². The first kappa shape index (κ1) is 12.4. The molecule has 2 aromatic rings. The van der Waals surface area contributed by atoms with E-state index in [4.69, 9.17) is 14.6 Å². The van der Waals surface area contributed by atoms with Crippen LogP contribution in [-0.4, -0.2) is 23.3 Å². The van der Waals surface area contributed by atoms with Crippen molar-refractivity contribution in [3.8, 4) is 11.5 Å². The second-order valence-electron chi connectivity index (χ2n) is 3.65. The molecule has 0 aliphatic rings. The predicted octanol–water partition coefficient (Wildman–Crippen LogP) is 2.03. The summed E-state index contributed by atoms with van der Waals surface area (Å²) in [6.45, 7) is 0.797. The number of hydrogen-bond donors (Lipinski definition) is 1. The molecule has 0 aliphatic heterocycles. The molecule has 1 heterocycles. The number of hydrogen-bond acceptors (Lipinski definition) is 4. The van der Waals surface area contributed by atoms with Gasteiger partial charge in [0.2, 0.25) is 0 Å². The van der Waals surface area contributed by atoms with Crippen LogP contribution in [0.4, 0.5) is 0 Å². The van der Waals surface area contributed by atoms with Crippen LogP contribution < -0.4 is 9.47 Å². The Morgan fingerprint density at radius 3 is 2.56 bits per heavy atom. The van der Waals surface area contributed by atoms with Gasteiger partial charge in [0.25, 0.3) is 0 Å². The highest BCUT2D eigenvalue weighted by atomic mass is 16.5. The van der Waals surface area contributed by atoms with E-state index in [1.54, 1.807) is 18.5 Å². The molecule has 1 aromatic carbocycles. The Balaban J connectivity index is 1.78. The molecule has 1 aromatic heterocycles. The van der Waals surface area contributed by atoms with Crippen LogP contribution in [0.1, 0.15) is 5.56 Å². The number of ether oxygens (including phenoxy) is 2. The molecule has 0 aliphatic carbocycles. The zero-order valence-electron chi connectivity index (χ0n) is 9.95.